The van der Waals surface area contributed by atoms with E-state index in [2.05, 4.69) is 4.98 Å². The van der Waals surface area contributed by atoms with Gasteiger partial charge in [0.25, 0.3) is 0 Å². The fourth-order valence-electron chi connectivity index (χ4n) is 1.19. The molecule has 4 nitrogen and oxygen atoms in total. The number of aliphatic carboxylic acids is 1. The summed E-state index contributed by atoms with van der Waals surface area (Å²) in [5.41, 5.74) is 0.952. The van der Waals surface area contributed by atoms with Crippen molar-refractivity contribution in [3.05, 3.63) is 23.0 Å². The number of carboxylic acid groups (broad SMARTS) is 1. The second-order valence-corrected chi connectivity index (χ2v) is 3.93. The van der Waals surface area contributed by atoms with Crippen LogP contribution in [0.25, 0.3) is 4.96 Å². The standard InChI is InChI=1S/C8H8N2O2S/c1-5-3-10-4-6(2-7(11)12)13-8(10)9-5/h3-4H,2H2,1H3,(H,11,12). The number of nitrogens with zero attached hydrogens (tertiary/aromatic N) is 2. The number of carbonyl (C=O) groups is 1. The lowest BCUT2D eigenvalue weighted by atomic mass is 10.4. The van der Waals surface area contributed by atoms with Crippen molar-refractivity contribution in [1.82, 2.24) is 9.38 Å². The molecule has 5 heteroatoms. The van der Waals surface area contributed by atoms with Crippen LogP contribution in [-0.4, -0.2) is 20.5 Å². The SMILES string of the molecule is Cc1cn2cc(CC(=O)O)sc2n1. The highest BCUT2D eigenvalue weighted by Gasteiger charge is 2.06. The second-order valence-electron chi connectivity index (χ2n) is 2.84. The molecule has 2 rings (SSSR count). The topological polar surface area (TPSA) is 54.6 Å². The first-order valence-corrected chi connectivity index (χ1v) is 4.62. The molecule has 0 aliphatic rings. The van der Waals surface area contributed by atoms with Gasteiger partial charge in [-0.05, 0) is 6.92 Å². The van der Waals surface area contributed by atoms with Crippen molar-refractivity contribution in [3.8, 4) is 0 Å². The molecular weight excluding hydrogens is 188 g/mol. The van der Waals surface area contributed by atoms with Crippen LogP contribution >= 0.6 is 11.3 Å². The van der Waals surface area contributed by atoms with E-state index in [1.165, 1.54) is 11.3 Å². The van der Waals surface area contributed by atoms with Gasteiger partial charge in [-0.2, -0.15) is 0 Å². The van der Waals surface area contributed by atoms with Gasteiger partial charge in [0.2, 0.25) is 0 Å². The Kier molecular flexibility index (Phi) is 1.81. The number of aryl methyl sites for hydroxylation is 1. The quantitative estimate of drug-likeness (QED) is 0.788. The molecule has 13 heavy (non-hydrogen) atoms. The van der Waals surface area contributed by atoms with E-state index < -0.39 is 5.97 Å². The zero-order chi connectivity index (χ0) is 9.42. The highest BCUT2D eigenvalue weighted by Crippen LogP contribution is 2.17. The van der Waals surface area contributed by atoms with Crippen LogP contribution in [0.2, 0.25) is 0 Å². The van der Waals surface area contributed by atoms with Crippen LogP contribution in [0, 0.1) is 6.92 Å². The molecule has 0 fully saturated rings. The van der Waals surface area contributed by atoms with Crippen LogP contribution in [0.3, 0.4) is 0 Å². The summed E-state index contributed by atoms with van der Waals surface area (Å²) in [6.45, 7) is 1.91. The predicted octanol–water partition coefficient (Wildman–Crippen LogP) is 1.33. The third-order valence-electron chi connectivity index (χ3n) is 1.65. The monoisotopic (exact) mass is 196 g/mol. The van der Waals surface area contributed by atoms with Crippen LogP contribution < -0.4 is 0 Å². The zero-order valence-electron chi connectivity index (χ0n) is 7.02. The van der Waals surface area contributed by atoms with Gasteiger partial charge in [0.15, 0.2) is 4.96 Å². The molecule has 0 aliphatic carbocycles. The minimum Gasteiger partial charge on any atom is -0.481 e. The Morgan fingerprint density at radius 2 is 2.46 bits per heavy atom. The maximum atomic E-state index is 10.4. The van der Waals surface area contributed by atoms with Crippen molar-refractivity contribution in [1.29, 1.82) is 0 Å². The molecule has 2 heterocycles. The van der Waals surface area contributed by atoms with Crippen molar-refractivity contribution in [3.63, 3.8) is 0 Å². The van der Waals surface area contributed by atoms with Gasteiger partial charge in [-0.25, -0.2) is 4.98 Å². The summed E-state index contributed by atoms with van der Waals surface area (Å²) in [6, 6.07) is 0. The molecule has 2 aromatic rings. The van der Waals surface area contributed by atoms with Crippen molar-refractivity contribution >= 4 is 22.3 Å². The Morgan fingerprint density at radius 3 is 3.08 bits per heavy atom. The van der Waals surface area contributed by atoms with E-state index in [1.54, 1.807) is 0 Å². The lowest BCUT2D eigenvalue weighted by molar-refractivity contribution is -0.136. The maximum absolute atomic E-state index is 10.4. The molecule has 0 atom stereocenters. The van der Waals surface area contributed by atoms with E-state index in [1.807, 2.05) is 23.7 Å². The van der Waals surface area contributed by atoms with Gasteiger partial charge >= 0.3 is 5.97 Å². The van der Waals surface area contributed by atoms with Gasteiger partial charge in [-0.3, -0.25) is 9.20 Å². The molecule has 68 valence electrons. The molecule has 0 aliphatic heterocycles. The van der Waals surface area contributed by atoms with Crippen LogP contribution in [0.5, 0.6) is 0 Å². The van der Waals surface area contributed by atoms with Crippen molar-refractivity contribution in [2.75, 3.05) is 0 Å². The number of thiazole rings is 1. The average molecular weight is 196 g/mol. The lowest BCUT2D eigenvalue weighted by Crippen LogP contribution is -1.97. The summed E-state index contributed by atoms with van der Waals surface area (Å²) in [4.78, 5) is 16.3. The first-order valence-electron chi connectivity index (χ1n) is 3.81. The van der Waals surface area contributed by atoms with Crippen LogP contribution in [0.15, 0.2) is 12.4 Å². The normalized spacial score (nSPS) is 10.8. The van der Waals surface area contributed by atoms with E-state index in [0.29, 0.717) is 0 Å². The fraction of sp³-hybridized carbons (Fsp3) is 0.250. The molecule has 0 bridgehead atoms. The Hall–Kier alpha value is -1.36. The first-order chi connectivity index (χ1) is 6.15. The Bertz CT molecular complexity index is 426. The predicted molar refractivity (Wildman–Crippen MR) is 49.1 cm³/mol. The number of fused-ring (bicyclic) bond motifs is 1. The largest absolute Gasteiger partial charge is 0.481 e. The summed E-state index contributed by atoms with van der Waals surface area (Å²) in [5.74, 6) is -0.804. The second kappa shape index (κ2) is 2.85. The number of rotatable bonds is 2. The fourth-order valence-corrected chi connectivity index (χ4v) is 2.19. The Labute approximate surface area is 78.5 Å². The summed E-state index contributed by atoms with van der Waals surface area (Å²) >= 11 is 1.42. The van der Waals surface area contributed by atoms with Crippen LogP contribution in [0.4, 0.5) is 0 Å². The number of carboxylic acids is 1. The molecule has 0 saturated heterocycles. The maximum Gasteiger partial charge on any atom is 0.308 e. The van der Waals surface area contributed by atoms with Crippen LogP contribution in [-0.2, 0) is 11.2 Å². The Balaban J connectivity index is 2.39. The third kappa shape index (κ3) is 1.55. The van der Waals surface area contributed by atoms with E-state index in [-0.39, 0.29) is 6.42 Å². The smallest absolute Gasteiger partial charge is 0.308 e. The molecule has 0 unspecified atom stereocenters. The molecule has 0 spiro atoms. The van der Waals surface area contributed by atoms with Crippen molar-refractivity contribution in [2.45, 2.75) is 13.3 Å². The van der Waals surface area contributed by atoms with Crippen molar-refractivity contribution < 1.29 is 9.90 Å². The van der Waals surface area contributed by atoms with Gasteiger partial charge < -0.3 is 5.11 Å². The Morgan fingerprint density at radius 1 is 1.69 bits per heavy atom. The minimum absolute atomic E-state index is 0.0765. The lowest BCUT2D eigenvalue weighted by Gasteiger charge is -1.85. The molecular formula is C8H8N2O2S. The number of aromatic nitrogens is 2. The van der Waals surface area contributed by atoms with Crippen LogP contribution in [0.1, 0.15) is 10.6 Å². The summed E-state index contributed by atoms with van der Waals surface area (Å²) in [7, 11) is 0. The highest BCUT2D eigenvalue weighted by atomic mass is 32.1. The third-order valence-corrected chi connectivity index (χ3v) is 2.65. The number of hydrogen-bond acceptors (Lipinski definition) is 3. The summed E-state index contributed by atoms with van der Waals surface area (Å²) < 4.78 is 1.86. The van der Waals surface area contributed by atoms with E-state index >= 15 is 0 Å². The molecule has 1 N–H and O–H groups in total. The summed E-state index contributed by atoms with van der Waals surface area (Å²) in [5, 5.41) is 8.56. The van der Waals surface area contributed by atoms with Gasteiger partial charge in [-0.1, -0.05) is 0 Å². The highest BCUT2D eigenvalue weighted by molar-refractivity contribution is 7.17. The minimum atomic E-state index is -0.804. The molecule has 0 radical (unpaired) electrons. The molecule has 0 aromatic carbocycles. The van der Waals surface area contributed by atoms with E-state index in [9.17, 15) is 4.79 Å². The molecule has 0 amide bonds. The number of imidazole rings is 1. The van der Waals surface area contributed by atoms with E-state index in [0.717, 1.165) is 15.5 Å². The van der Waals surface area contributed by atoms with Gasteiger partial charge in [0.05, 0.1) is 12.1 Å². The van der Waals surface area contributed by atoms with Gasteiger partial charge in [0.1, 0.15) is 0 Å². The first kappa shape index (κ1) is 8.25. The molecule has 0 saturated carbocycles. The summed E-state index contributed by atoms with van der Waals surface area (Å²) in [6.07, 6.45) is 3.78. The van der Waals surface area contributed by atoms with Crippen molar-refractivity contribution in [2.24, 2.45) is 0 Å². The van der Waals surface area contributed by atoms with Gasteiger partial charge in [0, 0.05) is 17.3 Å². The zero-order valence-corrected chi connectivity index (χ0v) is 7.84. The molecule has 2 aromatic heterocycles. The number of hydrogen-bond donors (Lipinski definition) is 1. The average Bonchev–Trinajstić information content (AvgIpc) is 2.41. The van der Waals surface area contributed by atoms with E-state index in [4.69, 9.17) is 5.11 Å². The van der Waals surface area contributed by atoms with Gasteiger partial charge in [-0.15, -0.1) is 11.3 Å².